The standard InChI is InChI=1S/C23H22ClNO3/c1-27-22-13-8-17(14-23(22)28-2)21(26)15-20(16-6-4-3-5-7-16)25-19-11-9-18(24)10-12-19/h3-14,20,25H,15H2,1-2H3/t20-/m1/s1. The fraction of sp³-hybridized carbons (Fsp3) is 0.174. The number of ether oxygens (including phenoxy) is 2. The van der Waals surface area contributed by atoms with Crippen molar-refractivity contribution >= 4 is 23.1 Å². The molecule has 0 aliphatic rings. The number of ketones is 1. The lowest BCUT2D eigenvalue weighted by molar-refractivity contribution is 0.0976. The number of carbonyl (C=O) groups excluding carboxylic acids is 1. The van der Waals surface area contributed by atoms with Crippen LogP contribution in [0, 0.1) is 0 Å². The highest BCUT2D eigenvalue weighted by atomic mass is 35.5. The van der Waals surface area contributed by atoms with E-state index in [0.29, 0.717) is 28.5 Å². The van der Waals surface area contributed by atoms with Crippen molar-refractivity contribution in [3.8, 4) is 11.5 Å². The number of carbonyl (C=O) groups is 1. The number of rotatable bonds is 8. The average molecular weight is 396 g/mol. The second kappa shape index (κ2) is 9.29. The van der Waals surface area contributed by atoms with Gasteiger partial charge in [0.05, 0.1) is 20.3 Å². The molecule has 0 saturated heterocycles. The van der Waals surface area contributed by atoms with Crippen molar-refractivity contribution in [1.29, 1.82) is 0 Å². The Kier molecular flexibility index (Phi) is 6.56. The molecule has 1 atom stereocenters. The largest absolute Gasteiger partial charge is 0.493 e. The van der Waals surface area contributed by atoms with Gasteiger partial charge in [0.1, 0.15) is 0 Å². The Morgan fingerprint density at radius 3 is 2.25 bits per heavy atom. The van der Waals surface area contributed by atoms with Gasteiger partial charge in [-0.25, -0.2) is 0 Å². The van der Waals surface area contributed by atoms with E-state index in [9.17, 15) is 4.79 Å². The maximum absolute atomic E-state index is 13.0. The zero-order chi connectivity index (χ0) is 19.9. The molecule has 5 heteroatoms. The van der Waals surface area contributed by atoms with Crippen molar-refractivity contribution in [3.63, 3.8) is 0 Å². The van der Waals surface area contributed by atoms with E-state index < -0.39 is 0 Å². The number of Topliss-reactive ketones (excluding diaryl/α,β-unsaturated/α-hetero) is 1. The van der Waals surface area contributed by atoms with Crippen LogP contribution in [0.2, 0.25) is 5.02 Å². The van der Waals surface area contributed by atoms with Gasteiger partial charge in [-0.15, -0.1) is 0 Å². The lowest BCUT2D eigenvalue weighted by Gasteiger charge is -2.20. The van der Waals surface area contributed by atoms with Gasteiger partial charge in [0.15, 0.2) is 17.3 Å². The van der Waals surface area contributed by atoms with Gasteiger partial charge in [-0.05, 0) is 48.0 Å². The summed E-state index contributed by atoms with van der Waals surface area (Å²) in [5.74, 6) is 1.14. The first-order chi connectivity index (χ1) is 13.6. The Hall–Kier alpha value is -2.98. The van der Waals surface area contributed by atoms with Gasteiger partial charge in [0.2, 0.25) is 0 Å². The van der Waals surface area contributed by atoms with Crippen molar-refractivity contribution in [2.45, 2.75) is 12.5 Å². The molecule has 4 nitrogen and oxygen atoms in total. The summed E-state index contributed by atoms with van der Waals surface area (Å²) < 4.78 is 10.6. The Morgan fingerprint density at radius 2 is 1.61 bits per heavy atom. The molecule has 144 valence electrons. The highest BCUT2D eigenvalue weighted by molar-refractivity contribution is 6.30. The normalized spacial score (nSPS) is 11.5. The third-order valence-corrected chi connectivity index (χ3v) is 4.73. The van der Waals surface area contributed by atoms with Crippen LogP contribution in [0.5, 0.6) is 11.5 Å². The average Bonchev–Trinajstić information content (AvgIpc) is 2.74. The van der Waals surface area contributed by atoms with Crippen LogP contribution in [0.1, 0.15) is 28.4 Å². The minimum absolute atomic E-state index is 0.0104. The molecule has 3 rings (SSSR count). The number of hydrogen-bond donors (Lipinski definition) is 1. The third kappa shape index (κ3) is 4.84. The van der Waals surface area contributed by atoms with Crippen LogP contribution in [0.25, 0.3) is 0 Å². The summed E-state index contributed by atoms with van der Waals surface area (Å²) in [4.78, 5) is 13.0. The van der Waals surface area contributed by atoms with Crippen molar-refractivity contribution in [3.05, 3.63) is 88.9 Å². The zero-order valence-corrected chi connectivity index (χ0v) is 16.6. The minimum atomic E-state index is -0.178. The first kappa shape index (κ1) is 19.8. The predicted octanol–water partition coefficient (Wildman–Crippen LogP) is 5.78. The van der Waals surface area contributed by atoms with E-state index in [2.05, 4.69) is 5.32 Å². The zero-order valence-electron chi connectivity index (χ0n) is 15.8. The van der Waals surface area contributed by atoms with Crippen LogP contribution < -0.4 is 14.8 Å². The van der Waals surface area contributed by atoms with E-state index in [1.807, 2.05) is 54.6 Å². The molecule has 3 aromatic carbocycles. The number of nitrogens with one attached hydrogen (secondary N) is 1. The summed E-state index contributed by atoms with van der Waals surface area (Å²) in [6.07, 6.45) is 0.294. The van der Waals surface area contributed by atoms with Crippen LogP contribution in [0.4, 0.5) is 5.69 Å². The molecule has 28 heavy (non-hydrogen) atoms. The maximum Gasteiger partial charge on any atom is 0.165 e. The molecule has 0 aromatic heterocycles. The quantitative estimate of drug-likeness (QED) is 0.491. The summed E-state index contributed by atoms with van der Waals surface area (Å²) in [6, 6.07) is 22.4. The van der Waals surface area contributed by atoms with E-state index in [4.69, 9.17) is 21.1 Å². The van der Waals surface area contributed by atoms with Crippen LogP contribution in [0.3, 0.4) is 0 Å². The van der Waals surface area contributed by atoms with E-state index in [-0.39, 0.29) is 11.8 Å². The molecule has 0 fully saturated rings. The van der Waals surface area contributed by atoms with E-state index in [1.54, 1.807) is 32.4 Å². The highest BCUT2D eigenvalue weighted by Crippen LogP contribution is 2.30. The van der Waals surface area contributed by atoms with Crippen molar-refractivity contribution in [2.75, 3.05) is 19.5 Å². The molecule has 0 heterocycles. The Morgan fingerprint density at radius 1 is 0.929 bits per heavy atom. The summed E-state index contributed by atoms with van der Waals surface area (Å²) >= 11 is 5.98. The van der Waals surface area contributed by atoms with Gasteiger partial charge in [-0.3, -0.25) is 4.79 Å². The van der Waals surface area contributed by atoms with E-state index in [1.165, 1.54) is 0 Å². The molecule has 0 saturated carbocycles. The number of halogens is 1. The molecule has 0 unspecified atom stereocenters. The molecule has 0 amide bonds. The second-order valence-electron chi connectivity index (χ2n) is 6.31. The summed E-state index contributed by atoms with van der Waals surface area (Å²) in [5.41, 5.74) is 2.51. The van der Waals surface area contributed by atoms with Gasteiger partial charge in [0.25, 0.3) is 0 Å². The molecule has 0 radical (unpaired) electrons. The van der Waals surface area contributed by atoms with Gasteiger partial charge in [-0.1, -0.05) is 41.9 Å². The fourth-order valence-electron chi connectivity index (χ4n) is 3.00. The number of benzene rings is 3. The molecular formula is C23H22ClNO3. The molecule has 0 bridgehead atoms. The van der Waals surface area contributed by atoms with Crippen LogP contribution in [-0.4, -0.2) is 20.0 Å². The number of hydrogen-bond acceptors (Lipinski definition) is 4. The monoisotopic (exact) mass is 395 g/mol. The Bertz CT molecular complexity index is 926. The lowest BCUT2D eigenvalue weighted by atomic mass is 9.97. The van der Waals surface area contributed by atoms with Crippen LogP contribution in [0.15, 0.2) is 72.8 Å². The van der Waals surface area contributed by atoms with Crippen molar-refractivity contribution < 1.29 is 14.3 Å². The molecule has 1 N–H and O–H groups in total. The van der Waals surface area contributed by atoms with Gasteiger partial charge >= 0.3 is 0 Å². The molecule has 3 aromatic rings. The van der Waals surface area contributed by atoms with Crippen molar-refractivity contribution in [1.82, 2.24) is 0 Å². The summed E-state index contributed by atoms with van der Waals surface area (Å²) in [5, 5.41) is 4.11. The summed E-state index contributed by atoms with van der Waals surface area (Å²) in [7, 11) is 3.13. The molecule has 0 spiro atoms. The summed E-state index contributed by atoms with van der Waals surface area (Å²) in [6.45, 7) is 0. The fourth-order valence-corrected chi connectivity index (χ4v) is 3.12. The first-order valence-electron chi connectivity index (χ1n) is 8.93. The lowest BCUT2D eigenvalue weighted by Crippen LogP contribution is -2.16. The Balaban J connectivity index is 1.84. The van der Waals surface area contributed by atoms with Crippen molar-refractivity contribution in [2.24, 2.45) is 0 Å². The van der Waals surface area contributed by atoms with Gasteiger partial charge in [-0.2, -0.15) is 0 Å². The van der Waals surface area contributed by atoms with Crippen LogP contribution >= 0.6 is 11.6 Å². The Labute approximate surface area is 170 Å². The third-order valence-electron chi connectivity index (χ3n) is 4.48. The number of methoxy groups -OCH3 is 2. The predicted molar refractivity (Wildman–Crippen MR) is 113 cm³/mol. The molecule has 0 aliphatic heterocycles. The second-order valence-corrected chi connectivity index (χ2v) is 6.75. The molecular weight excluding hydrogens is 374 g/mol. The van der Waals surface area contributed by atoms with Gasteiger partial charge in [0, 0.05) is 22.7 Å². The van der Waals surface area contributed by atoms with Crippen LogP contribution in [-0.2, 0) is 0 Å². The first-order valence-corrected chi connectivity index (χ1v) is 9.31. The smallest absolute Gasteiger partial charge is 0.165 e. The maximum atomic E-state index is 13.0. The topological polar surface area (TPSA) is 47.6 Å². The van der Waals surface area contributed by atoms with Gasteiger partial charge < -0.3 is 14.8 Å². The number of anilines is 1. The minimum Gasteiger partial charge on any atom is -0.493 e. The SMILES string of the molecule is COc1ccc(C(=O)C[C@@H](Nc2ccc(Cl)cc2)c2ccccc2)cc1OC. The highest BCUT2D eigenvalue weighted by Gasteiger charge is 2.18. The van der Waals surface area contributed by atoms with E-state index in [0.717, 1.165) is 11.3 Å². The van der Waals surface area contributed by atoms with E-state index >= 15 is 0 Å². The molecule has 0 aliphatic carbocycles.